The summed E-state index contributed by atoms with van der Waals surface area (Å²) < 4.78 is 0. The lowest BCUT2D eigenvalue weighted by molar-refractivity contribution is -0.126. The standard InChI is InChI=1S/C31H38N4O/c36-31(24-11-5-2-6-12-24)33-29(23-9-3-1-4-10-23)17-18-35-26-15-16-27(35)22-34(21-26)30-20-32-19-25-13-7-8-14-28(25)30/h1,3-4,7-10,13-14,19-20,24,26-27,29H,2,5-6,11-12,15-18,21-22H2,(H,33,36)/t26-,27+,29-/m0/s1. The molecule has 2 bridgehead atoms. The molecular weight excluding hydrogens is 444 g/mol. The van der Waals surface area contributed by atoms with Gasteiger partial charge < -0.3 is 10.2 Å². The molecule has 1 aromatic heterocycles. The third kappa shape index (κ3) is 4.86. The highest BCUT2D eigenvalue weighted by Gasteiger charge is 2.40. The van der Waals surface area contributed by atoms with E-state index in [2.05, 4.69) is 74.7 Å². The van der Waals surface area contributed by atoms with Crippen molar-refractivity contribution in [2.45, 2.75) is 69.5 Å². The minimum Gasteiger partial charge on any atom is -0.367 e. The summed E-state index contributed by atoms with van der Waals surface area (Å²) in [4.78, 5) is 23.0. The van der Waals surface area contributed by atoms with Crippen molar-refractivity contribution >= 4 is 22.4 Å². The lowest BCUT2D eigenvalue weighted by Crippen LogP contribution is -2.54. The van der Waals surface area contributed by atoms with Gasteiger partial charge in [-0.15, -0.1) is 0 Å². The van der Waals surface area contributed by atoms with Crippen LogP contribution in [0.1, 0.15) is 63.0 Å². The van der Waals surface area contributed by atoms with Crippen LogP contribution in [0.5, 0.6) is 0 Å². The van der Waals surface area contributed by atoms with Crippen LogP contribution in [-0.4, -0.2) is 47.5 Å². The summed E-state index contributed by atoms with van der Waals surface area (Å²) in [7, 11) is 0. The Bertz CT molecular complexity index is 1160. The van der Waals surface area contributed by atoms with E-state index >= 15 is 0 Å². The van der Waals surface area contributed by atoms with E-state index in [0.717, 1.165) is 38.9 Å². The molecule has 1 saturated carbocycles. The van der Waals surface area contributed by atoms with Crippen LogP contribution in [0.4, 0.5) is 5.69 Å². The van der Waals surface area contributed by atoms with Gasteiger partial charge in [0.25, 0.3) is 0 Å². The van der Waals surface area contributed by atoms with E-state index in [0.29, 0.717) is 12.1 Å². The SMILES string of the molecule is O=C(N[C@@H](CCN1[C@@H]2CC[C@H]1CN(c1cncc3ccccc13)C2)c1ccccc1)C1CCCCC1. The fourth-order valence-electron chi connectivity index (χ4n) is 6.84. The molecule has 3 heterocycles. The molecule has 2 saturated heterocycles. The molecule has 1 N–H and O–H groups in total. The summed E-state index contributed by atoms with van der Waals surface area (Å²) in [6, 6.07) is 20.4. The van der Waals surface area contributed by atoms with Gasteiger partial charge in [0.05, 0.1) is 17.9 Å². The van der Waals surface area contributed by atoms with Gasteiger partial charge in [0.15, 0.2) is 0 Å². The van der Waals surface area contributed by atoms with Gasteiger partial charge in [-0.3, -0.25) is 14.7 Å². The van der Waals surface area contributed by atoms with E-state index < -0.39 is 0 Å². The maximum atomic E-state index is 13.1. The summed E-state index contributed by atoms with van der Waals surface area (Å²) in [5, 5.41) is 5.98. The number of hydrogen-bond donors (Lipinski definition) is 1. The number of benzene rings is 2. The first-order chi connectivity index (χ1) is 17.8. The molecule has 0 radical (unpaired) electrons. The van der Waals surface area contributed by atoms with E-state index in [9.17, 15) is 4.79 Å². The quantitative estimate of drug-likeness (QED) is 0.468. The van der Waals surface area contributed by atoms with Crippen LogP contribution < -0.4 is 10.2 Å². The van der Waals surface area contributed by atoms with Gasteiger partial charge in [0.1, 0.15) is 0 Å². The Balaban J connectivity index is 1.14. The fraction of sp³-hybridized carbons (Fsp3) is 0.484. The van der Waals surface area contributed by atoms with Crippen molar-refractivity contribution in [3.05, 3.63) is 72.6 Å². The zero-order valence-electron chi connectivity index (χ0n) is 21.2. The topological polar surface area (TPSA) is 48.5 Å². The smallest absolute Gasteiger partial charge is 0.223 e. The molecule has 3 aliphatic rings. The van der Waals surface area contributed by atoms with Crippen LogP contribution in [-0.2, 0) is 4.79 Å². The number of hydrogen-bond acceptors (Lipinski definition) is 4. The Morgan fingerprint density at radius 3 is 2.39 bits per heavy atom. The van der Waals surface area contributed by atoms with Crippen molar-refractivity contribution in [3.8, 4) is 0 Å². The number of carbonyl (C=O) groups is 1. The van der Waals surface area contributed by atoms with Gasteiger partial charge in [0.2, 0.25) is 5.91 Å². The predicted octanol–water partition coefficient (Wildman–Crippen LogP) is 5.72. The molecule has 0 unspecified atom stereocenters. The zero-order valence-corrected chi connectivity index (χ0v) is 21.2. The number of nitrogens with one attached hydrogen (secondary N) is 1. The van der Waals surface area contributed by atoms with Crippen LogP contribution in [0.15, 0.2) is 67.0 Å². The maximum Gasteiger partial charge on any atom is 0.223 e. The molecule has 3 aromatic rings. The number of amides is 1. The van der Waals surface area contributed by atoms with Crippen molar-refractivity contribution in [2.24, 2.45) is 5.92 Å². The maximum absolute atomic E-state index is 13.1. The van der Waals surface area contributed by atoms with Crippen LogP contribution >= 0.6 is 0 Å². The minimum atomic E-state index is 0.0836. The van der Waals surface area contributed by atoms with Crippen molar-refractivity contribution < 1.29 is 4.79 Å². The van der Waals surface area contributed by atoms with E-state index in [1.54, 1.807) is 0 Å². The molecule has 2 aromatic carbocycles. The Kier molecular flexibility index (Phi) is 6.91. The second-order valence-corrected chi connectivity index (χ2v) is 11.0. The number of carbonyl (C=O) groups excluding carboxylic acids is 1. The number of aromatic nitrogens is 1. The molecular formula is C31H38N4O. The third-order valence-corrected chi connectivity index (χ3v) is 8.79. The summed E-state index contributed by atoms with van der Waals surface area (Å²) in [6.45, 7) is 3.13. The molecule has 3 atom stereocenters. The van der Waals surface area contributed by atoms with E-state index in [-0.39, 0.29) is 17.9 Å². The van der Waals surface area contributed by atoms with Crippen molar-refractivity contribution in [3.63, 3.8) is 0 Å². The summed E-state index contributed by atoms with van der Waals surface area (Å²) in [6.07, 6.45) is 13.2. The second kappa shape index (κ2) is 10.6. The minimum absolute atomic E-state index is 0.0836. The lowest BCUT2D eigenvalue weighted by Gasteiger charge is -2.43. The molecule has 188 valence electrons. The number of piperazine rings is 1. The number of fused-ring (bicyclic) bond motifs is 3. The van der Waals surface area contributed by atoms with Crippen LogP contribution in [0.25, 0.3) is 10.8 Å². The van der Waals surface area contributed by atoms with Gasteiger partial charge in [-0.25, -0.2) is 0 Å². The molecule has 2 aliphatic heterocycles. The second-order valence-electron chi connectivity index (χ2n) is 11.0. The molecule has 0 spiro atoms. The molecule has 1 amide bonds. The highest BCUT2D eigenvalue weighted by molar-refractivity contribution is 5.93. The van der Waals surface area contributed by atoms with Crippen LogP contribution in [0, 0.1) is 5.92 Å². The Morgan fingerprint density at radius 1 is 0.889 bits per heavy atom. The Labute approximate surface area is 214 Å². The van der Waals surface area contributed by atoms with E-state index in [4.69, 9.17) is 0 Å². The molecule has 5 nitrogen and oxygen atoms in total. The van der Waals surface area contributed by atoms with Gasteiger partial charge in [-0.1, -0.05) is 73.9 Å². The summed E-state index contributed by atoms with van der Waals surface area (Å²) in [5.74, 6) is 0.457. The molecule has 5 heteroatoms. The van der Waals surface area contributed by atoms with Crippen LogP contribution in [0.2, 0.25) is 0 Å². The number of pyridine rings is 1. The first-order valence-electron chi connectivity index (χ1n) is 13.9. The fourth-order valence-corrected chi connectivity index (χ4v) is 6.84. The summed E-state index contributed by atoms with van der Waals surface area (Å²) in [5.41, 5.74) is 2.50. The van der Waals surface area contributed by atoms with Crippen molar-refractivity contribution in [1.29, 1.82) is 0 Å². The first-order valence-corrected chi connectivity index (χ1v) is 13.9. The molecule has 1 aliphatic carbocycles. The van der Waals surface area contributed by atoms with Crippen molar-refractivity contribution in [1.82, 2.24) is 15.2 Å². The van der Waals surface area contributed by atoms with Gasteiger partial charge in [-0.05, 0) is 37.7 Å². The van der Waals surface area contributed by atoms with E-state index in [1.165, 1.54) is 54.1 Å². The average molecular weight is 483 g/mol. The molecule has 36 heavy (non-hydrogen) atoms. The number of rotatable bonds is 7. The molecule has 3 fully saturated rings. The highest BCUT2D eigenvalue weighted by atomic mass is 16.1. The van der Waals surface area contributed by atoms with Crippen molar-refractivity contribution in [2.75, 3.05) is 24.5 Å². The molecule has 6 rings (SSSR count). The Hall–Kier alpha value is -2.92. The largest absolute Gasteiger partial charge is 0.367 e. The number of anilines is 1. The normalized spacial score (nSPS) is 23.6. The summed E-state index contributed by atoms with van der Waals surface area (Å²) >= 11 is 0. The zero-order chi connectivity index (χ0) is 24.3. The predicted molar refractivity (Wildman–Crippen MR) is 146 cm³/mol. The Morgan fingerprint density at radius 2 is 1.61 bits per heavy atom. The lowest BCUT2D eigenvalue weighted by atomic mass is 9.88. The number of nitrogens with zero attached hydrogens (tertiary/aromatic N) is 3. The third-order valence-electron chi connectivity index (χ3n) is 8.79. The van der Waals surface area contributed by atoms with E-state index in [1.807, 2.05) is 12.4 Å². The highest BCUT2D eigenvalue weighted by Crippen LogP contribution is 2.36. The monoisotopic (exact) mass is 482 g/mol. The van der Waals surface area contributed by atoms with Gasteiger partial charge >= 0.3 is 0 Å². The average Bonchev–Trinajstić information content (AvgIpc) is 3.17. The van der Waals surface area contributed by atoms with Gasteiger partial charge in [-0.2, -0.15) is 0 Å². The first kappa shape index (κ1) is 23.5. The van der Waals surface area contributed by atoms with Crippen LogP contribution in [0.3, 0.4) is 0 Å². The van der Waals surface area contributed by atoms with Gasteiger partial charge in [0, 0.05) is 54.6 Å².